The highest BCUT2D eigenvalue weighted by molar-refractivity contribution is 7.78. The first-order valence-electron chi connectivity index (χ1n) is 13.1. The van der Waals surface area contributed by atoms with E-state index in [0.717, 1.165) is 5.56 Å². The van der Waals surface area contributed by atoms with E-state index in [4.69, 9.17) is 18.9 Å². The van der Waals surface area contributed by atoms with Crippen LogP contribution in [0, 0.1) is 11.8 Å². The van der Waals surface area contributed by atoms with Gasteiger partial charge in [-0.1, -0.05) is 38.8 Å². The van der Waals surface area contributed by atoms with Crippen molar-refractivity contribution in [2.24, 2.45) is 11.8 Å². The molecule has 0 saturated carbocycles. The number of ether oxygens (including phenoxy) is 4. The summed E-state index contributed by atoms with van der Waals surface area (Å²) >= 11 is 3.74. The smallest absolute Gasteiger partial charge is 0.303 e. The van der Waals surface area contributed by atoms with Crippen LogP contribution in [0.1, 0.15) is 52.5 Å². The molecule has 39 heavy (non-hydrogen) atoms. The van der Waals surface area contributed by atoms with Gasteiger partial charge in [-0.05, 0) is 30.5 Å². The molecular weight excluding hydrogens is 526 g/mol. The lowest BCUT2D eigenvalue weighted by Gasteiger charge is -2.44. The summed E-state index contributed by atoms with van der Waals surface area (Å²) < 4.78 is 25.2. The van der Waals surface area contributed by atoms with E-state index in [1.807, 2.05) is 26.0 Å². The zero-order chi connectivity index (χ0) is 28.9. The highest BCUT2D eigenvalue weighted by Crippen LogP contribution is 2.33. The Bertz CT molecular complexity index is 961. The van der Waals surface area contributed by atoms with E-state index >= 15 is 0 Å². The van der Waals surface area contributed by atoms with Crippen LogP contribution in [0.2, 0.25) is 0 Å². The Labute approximate surface area is 235 Å². The zero-order valence-corrected chi connectivity index (χ0v) is 24.1. The molecule has 0 aromatic heterocycles. The van der Waals surface area contributed by atoms with Crippen LogP contribution in [0.5, 0.6) is 5.75 Å². The van der Waals surface area contributed by atoms with Gasteiger partial charge in [0, 0.05) is 51.7 Å². The number of nitrogens with one attached hydrogen (secondary N) is 3. The Morgan fingerprint density at radius 1 is 1.05 bits per heavy atom. The van der Waals surface area contributed by atoms with Crippen LogP contribution in [-0.4, -0.2) is 68.5 Å². The fourth-order valence-corrected chi connectivity index (χ4v) is 4.52. The molecule has 0 aliphatic carbocycles. The summed E-state index contributed by atoms with van der Waals surface area (Å²) in [5.74, 6) is -0.849. The molecule has 218 valence electrons. The van der Waals surface area contributed by atoms with Gasteiger partial charge in [-0.2, -0.15) is 0 Å². The molecule has 1 aliphatic rings. The molecule has 2 rings (SSSR count). The van der Waals surface area contributed by atoms with Crippen molar-refractivity contribution in [3.8, 4) is 5.75 Å². The predicted octanol–water partition coefficient (Wildman–Crippen LogP) is 1.94. The number of hydrogen-bond donors (Lipinski definition) is 4. The first kappa shape index (κ1) is 32.4. The molecule has 0 radical (unpaired) electrons. The number of esters is 1. The van der Waals surface area contributed by atoms with Crippen LogP contribution in [-0.2, 0) is 39.8 Å². The molecule has 1 aromatic rings. The second-order valence-corrected chi connectivity index (χ2v) is 9.97. The maximum atomic E-state index is 13.1. The number of methoxy groups -OCH3 is 1. The van der Waals surface area contributed by atoms with Crippen molar-refractivity contribution in [3.63, 3.8) is 0 Å². The largest absolute Gasteiger partial charge is 0.497 e. The molecule has 0 bridgehead atoms. The Kier molecular flexibility index (Phi) is 13.5. The lowest BCUT2D eigenvalue weighted by atomic mass is 9.84. The molecule has 3 N–H and O–H groups in total. The van der Waals surface area contributed by atoms with Gasteiger partial charge in [0.25, 0.3) is 0 Å². The van der Waals surface area contributed by atoms with Crippen molar-refractivity contribution in [3.05, 3.63) is 29.8 Å². The minimum Gasteiger partial charge on any atom is -0.497 e. The number of carbonyl (C=O) groups is 4. The van der Waals surface area contributed by atoms with E-state index in [0.29, 0.717) is 31.6 Å². The number of amides is 3. The highest BCUT2D eigenvalue weighted by atomic mass is 32.1. The summed E-state index contributed by atoms with van der Waals surface area (Å²) in [7, 11) is 1.57. The standard InChI is InChI=1S/C27H41N3O8S/c1-16-17(2)27(36-13-7-6-8-24(33)30-39)38-23(25(16)37-19(4)32)15-28-26(34)22(29-18(3)31)14-20-9-11-21(35-5)12-10-20/h9-12,16-17,22-23,25,27,39H,6-8,13-15H2,1-5H3,(H,28,34)(H,29,31)(H,30,33)/t16-,17?,22+,23?,25-,27?/m1/s1. The van der Waals surface area contributed by atoms with Crippen LogP contribution in [0.15, 0.2) is 24.3 Å². The van der Waals surface area contributed by atoms with Crippen molar-refractivity contribution < 1.29 is 38.1 Å². The third kappa shape index (κ3) is 10.7. The van der Waals surface area contributed by atoms with Crippen LogP contribution in [0.3, 0.4) is 0 Å². The SMILES string of the molecule is COc1ccc(C[C@H](NC(C)=O)C(=O)NCC2OC(OCCCCC(=O)NS)C(C)[C@@H](C)[C@H]2OC(C)=O)cc1. The van der Waals surface area contributed by atoms with Gasteiger partial charge in [0.15, 0.2) is 6.29 Å². The third-order valence-electron chi connectivity index (χ3n) is 6.73. The Balaban J connectivity index is 2.05. The van der Waals surface area contributed by atoms with Gasteiger partial charge in [0.05, 0.1) is 7.11 Å². The van der Waals surface area contributed by atoms with Crippen LogP contribution in [0.25, 0.3) is 0 Å². The highest BCUT2D eigenvalue weighted by Gasteiger charge is 2.44. The average molecular weight is 568 g/mol. The topological polar surface area (TPSA) is 141 Å². The molecule has 3 unspecified atom stereocenters. The Morgan fingerprint density at radius 2 is 1.74 bits per heavy atom. The molecular formula is C27H41N3O8S. The van der Waals surface area contributed by atoms with Crippen molar-refractivity contribution in [1.29, 1.82) is 0 Å². The van der Waals surface area contributed by atoms with Crippen LogP contribution >= 0.6 is 12.8 Å². The van der Waals surface area contributed by atoms with Gasteiger partial charge in [-0.3, -0.25) is 19.2 Å². The molecule has 12 heteroatoms. The molecule has 1 aromatic carbocycles. The number of hydrogen-bond acceptors (Lipinski definition) is 9. The molecule has 1 fully saturated rings. The van der Waals surface area contributed by atoms with Gasteiger partial charge in [0.1, 0.15) is 24.0 Å². The number of unbranched alkanes of at least 4 members (excludes halogenated alkanes) is 1. The minimum absolute atomic E-state index is 0.0501. The summed E-state index contributed by atoms with van der Waals surface area (Å²) in [6.07, 6.45) is 0.0642. The fraction of sp³-hybridized carbons (Fsp3) is 0.630. The second kappa shape index (κ2) is 16.3. The van der Waals surface area contributed by atoms with Crippen molar-refractivity contribution >= 4 is 36.5 Å². The summed E-state index contributed by atoms with van der Waals surface area (Å²) in [6.45, 7) is 7.02. The van der Waals surface area contributed by atoms with Gasteiger partial charge >= 0.3 is 5.97 Å². The summed E-state index contributed by atoms with van der Waals surface area (Å²) in [5.41, 5.74) is 0.846. The predicted molar refractivity (Wildman–Crippen MR) is 147 cm³/mol. The van der Waals surface area contributed by atoms with Crippen molar-refractivity contribution in [2.75, 3.05) is 20.3 Å². The fourth-order valence-electron chi connectivity index (χ4n) is 4.41. The molecule has 1 aliphatic heterocycles. The second-order valence-electron chi connectivity index (χ2n) is 9.75. The number of carbonyl (C=O) groups excluding carboxylic acids is 4. The Hall–Kier alpha value is -2.83. The maximum Gasteiger partial charge on any atom is 0.303 e. The number of rotatable bonds is 14. The van der Waals surface area contributed by atoms with E-state index < -0.39 is 36.4 Å². The lowest BCUT2D eigenvalue weighted by molar-refractivity contribution is -0.265. The summed E-state index contributed by atoms with van der Waals surface area (Å²) in [4.78, 5) is 48.1. The van der Waals surface area contributed by atoms with Crippen molar-refractivity contribution in [1.82, 2.24) is 15.4 Å². The lowest BCUT2D eigenvalue weighted by Crippen LogP contribution is -2.57. The first-order valence-corrected chi connectivity index (χ1v) is 13.5. The van der Waals surface area contributed by atoms with Gasteiger partial charge in [-0.15, -0.1) is 0 Å². The van der Waals surface area contributed by atoms with Gasteiger partial charge < -0.3 is 34.3 Å². The van der Waals surface area contributed by atoms with Gasteiger partial charge in [0.2, 0.25) is 17.7 Å². The van der Waals surface area contributed by atoms with E-state index in [2.05, 4.69) is 28.2 Å². The Morgan fingerprint density at radius 3 is 2.33 bits per heavy atom. The quantitative estimate of drug-likeness (QED) is 0.152. The zero-order valence-electron chi connectivity index (χ0n) is 23.2. The van der Waals surface area contributed by atoms with E-state index in [-0.39, 0.29) is 36.6 Å². The first-order chi connectivity index (χ1) is 18.5. The molecule has 0 spiro atoms. The molecule has 6 atom stereocenters. The minimum atomic E-state index is -0.815. The summed E-state index contributed by atoms with van der Waals surface area (Å²) in [5, 5.41) is 5.55. The molecule has 3 amide bonds. The molecule has 1 heterocycles. The van der Waals surface area contributed by atoms with E-state index in [1.54, 1.807) is 19.2 Å². The maximum absolute atomic E-state index is 13.1. The molecule has 1 saturated heterocycles. The molecule has 11 nitrogen and oxygen atoms in total. The van der Waals surface area contributed by atoms with E-state index in [1.165, 1.54) is 13.8 Å². The van der Waals surface area contributed by atoms with E-state index in [9.17, 15) is 19.2 Å². The van der Waals surface area contributed by atoms with Gasteiger partial charge in [-0.25, -0.2) is 0 Å². The number of thiol groups is 1. The van der Waals surface area contributed by atoms with Crippen molar-refractivity contribution in [2.45, 2.75) is 77.9 Å². The number of benzene rings is 1. The summed E-state index contributed by atoms with van der Waals surface area (Å²) in [6, 6.07) is 6.42. The van der Waals surface area contributed by atoms with Crippen LogP contribution in [0.4, 0.5) is 0 Å². The van der Waals surface area contributed by atoms with Crippen LogP contribution < -0.4 is 20.1 Å². The monoisotopic (exact) mass is 567 g/mol. The third-order valence-corrected chi connectivity index (χ3v) is 6.98. The normalized spacial score (nSPS) is 23.3. The average Bonchev–Trinajstić information content (AvgIpc) is 2.90.